The van der Waals surface area contributed by atoms with Gasteiger partial charge in [0.1, 0.15) is 0 Å². The molecule has 1 saturated heterocycles. The summed E-state index contributed by atoms with van der Waals surface area (Å²) in [6, 6.07) is 0. The van der Waals surface area contributed by atoms with E-state index in [2.05, 4.69) is 19.2 Å². The Balaban J connectivity index is 2.44. The van der Waals surface area contributed by atoms with Gasteiger partial charge in [-0.25, -0.2) is 0 Å². The molecule has 1 N–H and O–H groups in total. The average Bonchev–Trinajstić information content (AvgIpc) is 2.06. The van der Waals surface area contributed by atoms with Crippen LogP contribution in [0.3, 0.4) is 0 Å². The fraction of sp³-hybridized carbons (Fsp3) is 1.00. The van der Waals surface area contributed by atoms with E-state index in [0.717, 1.165) is 0 Å². The predicted octanol–water partition coefficient (Wildman–Crippen LogP) is 2.32. The van der Waals surface area contributed by atoms with Gasteiger partial charge in [0.25, 0.3) is 0 Å². The maximum atomic E-state index is 3.63. The van der Waals surface area contributed by atoms with Crippen LogP contribution in [0, 0.1) is 0 Å². The van der Waals surface area contributed by atoms with Crippen molar-refractivity contribution in [1.29, 1.82) is 0 Å². The summed E-state index contributed by atoms with van der Waals surface area (Å²) in [4.78, 5) is 0. The molecule has 1 aliphatic heterocycles. The highest BCUT2D eigenvalue weighted by atomic mass is 15.0. The number of piperidine rings is 1. The maximum Gasteiger partial charge on any atom is 0.0176 e. The molecule has 0 saturated carbocycles. The molecule has 60 valence electrons. The minimum Gasteiger partial charge on any atom is -0.311 e. The van der Waals surface area contributed by atoms with Gasteiger partial charge >= 0.3 is 0 Å². The fourth-order valence-electron chi connectivity index (χ4n) is 1.88. The lowest BCUT2D eigenvalue weighted by atomic mass is 9.84. The second kappa shape index (κ2) is 3.38. The van der Waals surface area contributed by atoms with E-state index < -0.39 is 0 Å². The molecule has 0 atom stereocenters. The minimum absolute atomic E-state index is 0.512. The van der Waals surface area contributed by atoms with Crippen LogP contribution in [-0.2, 0) is 0 Å². The summed E-state index contributed by atoms with van der Waals surface area (Å²) in [5.41, 5.74) is 0.512. The van der Waals surface area contributed by atoms with Crippen molar-refractivity contribution in [2.24, 2.45) is 0 Å². The van der Waals surface area contributed by atoms with Crippen molar-refractivity contribution in [3.05, 3.63) is 0 Å². The van der Waals surface area contributed by atoms with Gasteiger partial charge in [-0.05, 0) is 32.2 Å². The Kier molecular flexibility index (Phi) is 2.72. The summed E-state index contributed by atoms with van der Waals surface area (Å²) >= 11 is 0. The van der Waals surface area contributed by atoms with Crippen molar-refractivity contribution >= 4 is 0 Å². The third kappa shape index (κ3) is 1.51. The largest absolute Gasteiger partial charge is 0.311 e. The topological polar surface area (TPSA) is 12.0 Å². The van der Waals surface area contributed by atoms with E-state index in [-0.39, 0.29) is 0 Å². The van der Waals surface area contributed by atoms with Gasteiger partial charge < -0.3 is 5.32 Å². The summed E-state index contributed by atoms with van der Waals surface area (Å²) in [7, 11) is 0. The van der Waals surface area contributed by atoms with Gasteiger partial charge in [-0.3, -0.25) is 0 Å². The summed E-state index contributed by atoms with van der Waals surface area (Å²) in [6.07, 6.45) is 6.78. The third-order valence-electron chi connectivity index (χ3n) is 2.94. The van der Waals surface area contributed by atoms with Crippen LogP contribution in [0.25, 0.3) is 0 Å². The van der Waals surface area contributed by atoms with Crippen molar-refractivity contribution in [2.45, 2.75) is 51.5 Å². The van der Waals surface area contributed by atoms with Gasteiger partial charge in [0.15, 0.2) is 0 Å². The summed E-state index contributed by atoms with van der Waals surface area (Å²) in [5.74, 6) is 0. The molecule has 1 heteroatoms. The monoisotopic (exact) mass is 141 g/mol. The quantitative estimate of drug-likeness (QED) is 0.622. The highest BCUT2D eigenvalue weighted by molar-refractivity contribution is 4.87. The van der Waals surface area contributed by atoms with E-state index >= 15 is 0 Å². The number of hydrogen-bond donors (Lipinski definition) is 1. The van der Waals surface area contributed by atoms with Crippen molar-refractivity contribution < 1.29 is 0 Å². The molecule has 0 aliphatic carbocycles. The lowest BCUT2D eigenvalue weighted by molar-refractivity contribution is 0.237. The molecule has 0 aromatic carbocycles. The molecule has 0 aromatic heterocycles. The van der Waals surface area contributed by atoms with Crippen LogP contribution < -0.4 is 5.32 Å². The smallest absolute Gasteiger partial charge is 0.0176 e. The van der Waals surface area contributed by atoms with Crippen molar-refractivity contribution in [3.63, 3.8) is 0 Å². The Morgan fingerprint density at radius 1 is 1.20 bits per heavy atom. The minimum atomic E-state index is 0.512. The number of nitrogens with one attached hydrogen (secondary N) is 1. The highest BCUT2D eigenvalue weighted by Crippen LogP contribution is 2.25. The molecule has 1 rings (SSSR count). The number of rotatable bonds is 2. The second-order valence-electron chi connectivity index (χ2n) is 3.37. The van der Waals surface area contributed by atoms with Crippen LogP contribution in [0.4, 0.5) is 0 Å². The lowest BCUT2D eigenvalue weighted by Crippen LogP contribution is -2.47. The zero-order valence-corrected chi connectivity index (χ0v) is 7.24. The third-order valence-corrected chi connectivity index (χ3v) is 2.94. The molecular formula is C9H19N. The second-order valence-corrected chi connectivity index (χ2v) is 3.37. The van der Waals surface area contributed by atoms with Crippen LogP contribution in [0.5, 0.6) is 0 Å². The molecule has 10 heavy (non-hydrogen) atoms. The highest BCUT2D eigenvalue weighted by Gasteiger charge is 2.26. The van der Waals surface area contributed by atoms with E-state index in [1.165, 1.54) is 38.6 Å². The van der Waals surface area contributed by atoms with Gasteiger partial charge in [0.05, 0.1) is 0 Å². The standard InChI is InChI=1S/C9H19N/c1-3-9(4-2)7-5-6-8-10-9/h10H,3-8H2,1-2H3. The normalized spacial score (nSPS) is 24.6. The van der Waals surface area contributed by atoms with Crippen LogP contribution in [0.1, 0.15) is 46.0 Å². The van der Waals surface area contributed by atoms with E-state index in [1.807, 2.05) is 0 Å². The van der Waals surface area contributed by atoms with Gasteiger partial charge in [0, 0.05) is 5.54 Å². The van der Waals surface area contributed by atoms with E-state index in [9.17, 15) is 0 Å². The molecule has 0 radical (unpaired) electrons. The molecule has 1 heterocycles. The molecule has 0 bridgehead atoms. The SMILES string of the molecule is CCC1(CC)CCCCN1. The van der Waals surface area contributed by atoms with Gasteiger partial charge in [-0.2, -0.15) is 0 Å². The molecule has 0 aromatic rings. The first-order valence-corrected chi connectivity index (χ1v) is 4.58. The Morgan fingerprint density at radius 3 is 2.20 bits per heavy atom. The lowest BCUT2D eigenvalue weighted by Gasteiger charge is -2.36. The average molecular weight is 141 g/mol. The van der Waals surface area contributed by atoms with Crippen molar-refractivity contribution in [1.82, 2.24) is 5.32 Å². The van der Waals surface area contributed by atoms with Gasteiger partial charge in [-0.1, -0.05) is 20.3 Å². The first-order valence-electron chi connectivity index (χ1n) is 4.58. The Bertz CT molecular complexity index is 86.9. The van der Waals surface area contributed by atoms with Gasteiger partial charge in [0.2, 0.25) is 0 Å². The van der Waals surface area contributed by atoms with E-state index in [4.69, 9.17) is 0 Å². The fourth-order valence-corrected chi connectivity index (χ4v) is 1.88. The Hall–Kier alpha value is -0.0400. The molecule has 1 nitrogen and oxygen atoms in total. The summed E-state index contributed by atoms with van der Waals surface area (Å²) in [6.45, 7) is 5.82. The first-order chi connectivity index (χ1) is 4.83. The Morgan fingerprint density at radius 2 is 1.90 bits per heavy atom. The molecule has 1 fully saturated rings. The van der Waals surface area contributed by atoms with Crippen LogP contribution in [0.2, 0.25) is 0 Å². The van der Waals surface area contributed by atoms with Gasteiger partial charge in [-0.15, -0.1) is 0 Å². The molecule has 0 unspecified atom stereocenters. The summed E-state index contributed by atoms with van der Waals surface area (Å²) < 4.78 is 0. The predicted molar refractivity (Wildman–Crippen MR) is 45.2 cm³/mol. The first kappa shape index (κ1) is 8.06. The molecule has 0 spiro atoms. The molecule has 1 aliphatic rings. The maximum absolute atomic E-state index is 3.63. The molecular weight excluding hydrogens is 122 g/mol. The van der Waals surface area contributed by atoms with Crippen LogP contribution in [0.15, 0.2) is 0 Å². The Labute approximate surface area is 64.2 Å². The zero-order chi connectivity index (χ0) is 7.45. The summed E-state index contributed by atoms with van der Waals surface area (Å²) in [5, 5.41) is 3.63. The van der Waals surface area contributed by atoms with E-state index in [1.54, 1.807) is 0 Å². The zero-order valence-electron chi connectivity index (χ0n) is 7.24. The number of hydrogen-bond acceptors (Lipinski definition) is 1. The van der Waals surface area contributed by atoms with Crippen LogP contribution >= 0.6 is 0 Å². The van der Waals surface area contributed by atoms with Crippen molar-refractivity contribution in [3.8, 4) is 0 Å². The molecule has 0 amide bonds. The van der Waals surface area contributed by atoms with Crippen molar-refractivity contribution in [2.75, 3.05) is 6.54 Å². The van der Waals surface area contributed by atoms with Crippen LogP contribution in [-0.4, -0.2) is 12.1 Å². The van der Waals surface area contributed by atoms with E-state index in [0.29, 0.717) is 5.54 Å².